The van der Waals surface area contributed by atoms with Gasteiger partial charge in [-0.15, -0.1) is 0 Å². The fourth-order valence-electron chi connectivity index (χ4n) is 9.97. The summed E-state index contributed by atoms with van der Waals surface area (Å²) in [5.74, 6) is -11.1. The van der Waals surface area contributed by atoms with E-state index in [0.717, 1.165) is 17.0 Å². The number of pyridine rings is 1. The Kier molecular flexibility index (Phi) is 10.9. The number of hydrazine groups is 1. The van der Waals surface area contributed by atoms with Crippen LogP contribution < -0.4 is 24.7 Å². The summed E-state index contributed by atoms with van der Waals surface area (Å²) < 4.78 is 52.0. The van der Waals surface area contributed by atoms with Crippen LogP contribution in [0.15, 0.2) is 72.4 Å². The van der Waals surface area contributed by atoms with Crippen molar-refractivity contribution in [3.63, 3.8) is 0 Å². The zero-order chi connectivity index (χ0) is 47.2. The van der Waals surface area contributed by atoms with E-state index in [4.69, 9.17) is 32.7 Å². The largest absolute Gasteiger partial charge is 0.507 e. The highest BCUT2D eigenvalue weighted by Crippen LogP contribution is 2.66. The molecular weight excluding hydrogens is 906 g/mol. The molecule has 65 heavy (non-hydrogen) atoms. The SMILES string of the molecule is COc1cc(O)c([C@H]2C3=CC[C@@H]4C(=O)N(c5cc([N+](=O)[O-])c(N(C)C)c([N+](=O)[O-])c5)C(=O)[C@@H]4[C@@H]3C[C@H]3C(=O)N(Nc4ncc(C(F)(F)F)cc4Cl)C(=O)[C@@]23c2ccc(Cl)cc2)c(OC)c1. The Labute approximate surface area is 375 Å². The number of hydrogen-bond donors (Lipinski definition) is 2. The fourth-order valence-corrected chi connectivity index (χ4v) is 10.3. The van der Waals surface area contributed by atoms with Crippen LogP contribution in [0.3, 0.4) is 0 Å². The predicted octanol–water partition coefficient (Wildman–Crippen LogP) is 7.20. The molecule has 0 radical (unpaired) electrons. The molecule has 1 aromatic heterocycles. The van der Waals surface area contributed by atoms with E-state index in [9.17, 15) is 48.1 Å². The van der Waals surface area contributed by atoms with E-state index < -0.39 is 114 Å². The topological polar surface area (TPSA) is 228 Å². The zero-order valence-corrected chi connectivity index (χ0v) is 35.8. The number of amides is 4. The van der Waals surface area contributed by atoms with Gasteiger partial charge in [0.25, 0.3) is 11.8 Å². The number of rotatable bonds is 10. The average molecular weight is 941 g/mol. The van der Waals surface area contributed by atoms with Crippen molar-refractivity contribution < 1.29 is 56.8 Å². The van der Waals surface area contributed by atoms with Crippen molar-refractivity contribution in [3.8, 4) is 17.2 Å². The lowest BCUT2D eigenvalue weighted by atomic mass is 9.49. The van der Waals surface area contributed by atoms with Gasteiger partial charge in [0.05, 0.1) is 63.5 Å². The second kappa shape index (κ2) is 15.9. The molecule has 3 heterocycles. The lowest BCUT2D eigenvalue weighted by Crippen LogP contribution is -2.53. The minimum Gasteiger partial charge on any atom is -0.507 e. The number of nitro benzene ring substituents is 2. The van der Waals surface area contributed by atoms with Gasteiger partial charge in [0.1, 0.15) is 17.2 Å². The number of halogens is 5. The maximum absolute atomic E-state index is 15.6. The van der Waals surface area contributed by atoms with Crippen LogP contribution >= 0.6 is 23.2 Å². The first-order chi connectivity index (χ1) is 30.7. The number of phenolic OH excluding ortho intramolecular Hbond substituents is 1. The van der Waals surface area contributed by atoms with Crippen LogP contribution in [0.4, 0.5) is 41.7 Å². The monoisotopic (exact) mass is 939 g/mol. The minimum atomic E-state index is -4.84. The van der Waals surface area contributed by atoms with Crippen LogP contribution in [-0.4, -0.2) is 76.9 Å². The summed E-state index contributed by atoms with van der Waals surface area (Å²) in [5.41, 5.74) is -2.68. The molecule has 4 aliphatic rings. The molecule has 18 nitrogen and oxygen atoms in total. The van der Waals surface area contributed by atoms with Crippen molar-refractivity contribution in [2.75, 3.05) is 43.5 Å². The molecule has 0 bridgehead atoms. The third kappa shape index (κ3) is 6.82. The van der Waals surface area contributed by atoms with Gasteiger partial charge in [-0.1, -0.05) is 47.0 Å². The lowest BCUT2D eigenvalue weighted by Gasteiger charge is -2.50. The second-order valence-electron chi connectivity index (χ2n) is 15.9. The number of ether oxygens (including phenoxy) is 2. The Morgan fingerprint density at radius 2 is 1.57 bits per heavy atom. The summed E-state index contributed by atoms with van der Waals surface area (Å²) in [7, 11) is 5.31. The molecular formula is C42H34Cl2F3N7O11. The maximum Gasteiger partial charge on any atom is 0.417 e. The number of nitro groups is 2. The van der Waals surface area contributed by atoms with Gasteiger partial charge in [-0.25, -0.2) is 9.88 Å². The number of aromatic nitrogens is 1. The number of anilines is 3. The summed E-state index contributed by atoms with van der Waals surface area (Å²) in [6.45, 7) is 0. The van der Waals surface area contributed by atoms with Gasteiger partial charge in [-0.3, -0.25) is 44.8 Å². The van der Waals surface area contributed by atoms with E-state index in [1.54, 1.807) is 6.08 Å². The number of allylic oxidation sites excluding steroid dienone is 2. The molecule has 3 aromatic carbocycles. The van der Waals surface area contributed by atoms with Gasteiger partial charge in [0, 0.05) is 61.1 Å². The van der Waals surface area contributed by atoms with Crippen molar-refractivity contribution in [1.82, 2.24) is 9.99 Å². The number of nitrogens with one attached hydrogen (secondary N) is 1. The molecule has 6 atom stereocenters. The van der Waals surface area contributed by atoms with Crippen molar-refractivity contribution in [2.24, 2.45) is 23.7 Å². The number of nitrogens with zero attached hydrogens (tertiary/aromatic N) is 6. The fraction of sp³-hybridized carbons (Fsp3) is 0.310. The van der Waals surface area contributed by atoms with Gasteiger partial charge < -0.3 is 19.5 Å². The number of aromatic hydroxyl groups is 1. The molecule has 2 aliphatic carbocycles. The first-order valence-electron chi connectivity index (χ1n) is 19.5. The van der Waals surface area contributed by atoms with E-state index in [1.807, 2.05) is 0 Å². The number of carbonyl (C=O) groups excluding carboxylic acids is 4. The van der Waals surface area contributed by atoms with Crippen LogP contribution in [0.5, 0.6) is 17.2 Å². The Balaban J connectivity index is 1.34. The number of hydrogen-bond acceptors (Lipinski definition) is 14. The van der Waals surface area contributed by atoms with Gasteiger partial charge in [0.2, 0.25) is 11.8 Å². The Morgan fingerprint density at radius 3 is 2.12 bits per heavy atom. The zero-order valence-electron chi connectivity index (χ0n) is 34.3. The van der Waals surface area contributed by atoms with Crippen molar-refractivity contribution in [2.45, 2.75) is 30.4 Å². The summed E-state index contributed by atoms with van der Waals surface area (Å²) in [4.78, 5) is 88.4. The quantitative estimate of drug-likeness (QED) is 0.0694. The van der Waals surface area contributed by atoms with E-state index >= 15 is 9.59 Å². The van der Waals surface area contributed by atoms with Gasteiger partial charge in [-0.2, -0.15) is 18.2 Å². The predicted molar refractivity (Wildman–Crippen MR) is 225 cm³/mol. The third-order valence-corrected chi connectivity index (χ3v) is 13.1. The minimum absolute atomic E-state index is 0.0298. The molecule has 2 saturated heterocycles. The third-order valence-electron chi connectivity index (χ3n) is 12.5. The number of phenols is 1. The number of methoxy groups -OCH3 is 2. The molecule has 3 fully saturated rings. The van der Waals surface area contributed by atoms with E-state index in [-0.39, 0.29) is 46.2 Å². The Bertz CT molecular complexity index is 2760. The van der Waals surface area contributed by atoms with Crippen LogP contribution in [0.25, 0.3) is 0 Å². The molecule has 338 valence electrons. The second-order valence-corrected chi connectivity index (χ2v) is 16.8. The Morgan fingerprint density at radius 1 is 0.923 bits per heavy atom. The van der Waals surface area contributed by atoms with Crippen LogP contribution in [0, 0.1) is 43.9 Å². The highest BCUT2D eigenvalue weighted by Gasteiger charge is 2.71. The summed E-state index contributed by atoms with van der Waals surface area (Å²) >= 11 is 12.6. The molecule has 8 rings (SSSR count). The summed E-state index contributed by atoms with van der Waals surface area (Å²) in [6, 6.07) is 10.9. The molecule has 4 amide bonds. The molecule has 4 aromatic rings. The number of benzene rings is 3. The van der Waals surface area contributed by atoms with Crippen molar-refractivity contribution in [3.05, 3.63) is 119 Å². The van der Waals surface area contributed by atoms with Crippen LogP contribution in [0.2, 0.25) is 10.0 Å². The van der Waals surface area contributed by atoms with Crippen molar-refractivity contribution in [1.29, 1.82) is 0 Å². The van der Waals surface area contributed by atoms with E-state index in [0.29, 0.717) is 27.7 Å². The molecule has 0 unspecified atom stereocenters. The highest BCUT2D eigenvalue weighted by molar-refractivity contribution is 6.33. The first-order valence-corrected chi connectivity index (χ1v) is 20.2. The van der Waals surface area contributed by atoms with Gasteiger partial charge in [0.15, 0.2) is 11.5 Å². The number of carbonyl (C=O) groups is 4. The number of fused-ring (bicyclic) bond motifs is 4. The van der Waals surface area contributed by atoms with Crippen LogP contribution in [0.1, 0.15) is 35.4 Å². The average Bonchev–Trinajstić information content (AvgIpc) is 3.63. The summed E-state index contributed by atoms with van der Waals surface area (Å²) in [6.07, 6.45) is -3.29. The lowest BCUT2D eigenvalue weighted by molar-refractivity contribution is -0.392. The molecule has 0 spiro atoms. The highest BCUT2D eigenvalue weighted by atomic mass is 35.5. The maximum atomic E-state index is 15.6. The summed E-state index contributed by atoms with van der Waals surface area (Å²) in [5, 5.41) is 36.7. The normalized spacial score (nSPS) is 23.7. The number of alkyl halides is 3. The molecule has 1 saturated carbocycles. The smallest absolute Gasteiger partial charge is 0.417 e. The first kappa shape index (κ1) is 44.6. The van der Waals surface area contributed by atoms with Crippen LogP contribution in [-0.2, 0) is 30.8 Å². The van der Waals surface area contributed by atoms with Gasteiger partial charge >= 0.3 is 17.6 Å². The van der Waals surface area contributed by atoms with Crippen molar-refractivity contribution >= 4 is 75.4 Å². The molecule has 23 heteroatoms. The molecule has 2 aliphatic heterocycles. The molecule has 2 N–H and O–H groups in total. The number of imide groups is 2. The van der Waals surface area contributed by atoms with E-state index in [2.05, 4.69) is 10.4 Å². The Hall–Kier alpha value is -7.00. The standard InChI is InChI=1S/C42H34Cl2F3N7O11/c1-50(2)35-28(53(60)61)12-21(13-29(35)54(62)63)51-37(56)24-10-9-23-25(32(24)39(51)58)16-26-38(57)52(49-36-27(44)11-19(17-48-36)42(45,46)47)40(59)41(26,18-5-7-20(43)8-6-18)34(23)33-30(55)14-22(64-3)15-31(33)65-4/h5-9,11-15,17,24-26,32,34,55H,10,16H2,1-4H3,(H,48,49)/t24-,25+,26-,32-,34+,41+/m0/s1. The van der Waals surface area contributed by atoms with E-state index in [1.165, 1.54) is 64.7 Å². The van der Waals surface area contributed by atoms with Gasteiger partial charge in [-0.05, 0) is 42.5 Å².